The van der Waals surface area contributed by atoms with Crippen molar-refractivity contribution in [1.29, 1.82) is 0 Å². The molecule has 0 saturated carbocycles. The number of halogens is 2. The van der Waals surface area contributed by atoms with E-state index in [1.807, 2.05) is 0 Å². The number of hydrogen-bond acceptors (Lipinski definition) is 4. The normalized spacial score (nSPS) is 10.0. The zero-order valence-corrected chi connectivity index (χ0v) is 10.5. The second kappa shape index (κ2) is 5.92. The number of rotatable bonds is 4. The molecule has 0 saturated heterocycles. The van der Waals surface area contributed by atoms with Crippen LogP contribution in [0.15, 0.2) is 6.07 Å². The Bertz CT molecular complexity index is 373. The van der Waals surface area contributed by atoms with Gasteiger partial charge in [0.1, 0.15) is 12.4 Å². The Hall–Kier alpha value is -1.00. The number of aryl methyl sites for hydroxylation is 1. The van der Waals surface area contributed by atoms with E-state index < -0.39 is 0 Å². The van der Waals surface area contributed by atoms with E-state index in [9.17, 15) is 4.79 Å². The molecule has 1 aromatic rings. The Labute approximate surface area is 104 Å². The van der Waals surface area contributed by atoms with E-state index in [1.54, 1.807) is 19.9 Å². The lowest BCUT2D eigenvalue weighted by atomic mass is 10.3. The zero-order valence-electron chi connectivity index (χ0n) is 9.01. The maximum atomic E-state index is 11.1. The maximum absolute atomic E-state index is 11.1. The molecule has 0 aliphatic rings. The van der Waals surface area contributed by atoms with Gasteiger partial charge in [0.15, 0.2) is 0 Å². The van der Waals surface area contributed by atoms with E-state index in [0.29, 0.717) is 28.2 Å². The van der Waals surface area contributed by atoms with Crippen molar-refractivity contribution in [2.24, 2.45) is 0 Å². The minimum atomic E-state index is -0.340. The van der Waals surface area contributed by atoms with Gasteiger partial charge in [0.2, 0.25) is 0 Å². The number of ether oxygens (including phenoxy) is 1. The Balaban J connectivity index is 2.65. The van der Waals surface area contributed by atoms with Crippen LogP contribution in [-0.4, -0.2) is 24.1 Å². The predicted octanol–water partition coefficient (Wildman–Crippen LogP) is 2.67. The van der Waals surface area contributed by atoms with Crippen molar-refractivity contribution >= 4 is 35.0 Å². The summed E-state index contributed by atoms with van der Waals surface area (Å²) in [6.07, 6.45) is 0. The third kappa shape index (κ3) is 3.54. The Kier molecular flexibility index (Phi) is 4.83. The van der Waals surface area contributed by atoms with Crippen LogP contribution in [0.3, 0.4) is 0 Å². The van der Waals surface area contributed by atoms with Crippen LogP contribution < -0.4 is 5.32 Å². The number of esters is 1. The van der Waals surface area contributed by atoms with Crippen LogP contribution in [0.2, 0.25) is 10.0 Å². The number of carbonyl (C=O) groups excluding carboxylic acids is 1. The highest BCUT2D eigenvalue weighted by atomic mass is 35.5. The molecule has 1 rings (SSSR count). The molecule has 0 bridgehead atoms. The summed E-state index contributed by atoms with van der Waals surface area (Å²) in [4.78, 5) is 15.2. The van der Waals surface area contributed by atoms with Crippen LogP contribution in [0.5, 0.6) is 0 Å². The monoisotopic (exact) mass is 262 g/mol. The average Bonchev–Trinajstić information content (AvgIpc) is 2.23. The van der Waals surface area contributed by atoms with Gasteiger partial charge in [-0.2, -0.15) is 0 Å². The Morgan fingerprint density at radius 1 is 1.56 bits per heavy atom. The van der Waals surface area contributed by atoms with Crippen LogP contribution in [0, 0.1) is 6.92 Å². The largest absolute Gasteiger partial charge is 0.465 e. The van der Waals surface area contributed by atoms with E-state index in [0.717, 1.165) is 0 Å². The molecule has 0 aliphatic carbocycles. The number of anilines is 1. The lowest BCUT2D eigenvalue weighted by molar-refractivity contribution is -0.140. The quantitative estimate of drug-likeness (QED) is 0.848. The predicted molar refractivity (Wildman–Crippen MR) is 64.1 cm³/mol. The van der Waals surface area contributed by atoms with Gasteiger partial charge in [-0.3, -0.25) is 4.79 Å². The van der Waals surface area contributed by atoms with Crippen LogP contribution in [-0.2, 0) is 9.53 Å². The van der Waals surface area contributed by atoms with Gasteiger partial charge >= 0.3 is 5.97 Å². The summed E-state index contributed by atoms with van der Waals surface area (Å²) < 4.78 is 4.76. The smallest absolute Gasteiger partial charge is 0.325 e. The molecule has 4 nitrogen and oxygen atoms in total. The molecule has 1 aromatic heterocycles. The molecule has 0 amide bonds. The van der Waals surface area contributed by atoms with E-state index in [4.69, 9.17) is 27.9 Å². The van der Waals surface area contributed by atoms with Crippen LogP contribution in [0.1, 0.15) is 12.6 Å². The summed E-state index contributed by atoms with van der Waals surface area (Å²) in [5.41, 5.74) is 0.612. The first kappa shape index (κ1) is 13.1. The number of hydrogen-bond donors (Lipinski definition) is 1. The summed E-state index contributed by atoms with van der Waals surface area (Å²) >= 11 is 11.7. The van der Waals surface area contributed by atoms with Gasteiger partial charge in [-0.15, -0.1) is 0 Å². The molecule has 16 heavy (non-hydrogen) atoms. The Morgan fingerprint density at radius 3 is 2.81 bits per heavy atom. The molecular formula is C10H12Cl2N2O2. The first-order chi connectivity index (χ1) is 7.54. The fourth-order valence-electron chi connectivity index (χ4n) is 1.08. The molecule has 0 unspecified atom stereocenters. The van der Waals surface area contributed by atoms with E-state index in [1.165, 1.54) is 0 Å². The molecule has 88 valence electrons. The summed E-state index contributed by atoms with van der Waals surface area (Å²) in [6.45, 7) is 3.90. The molecular weight excluding hydrogens is 251 g/mol. The van der Waals surface area contributed by atoms with Gasteiger partial charge in [0.25, 0.3) is 0 Å². The molecule has 6 heteroatoms. The highest BCUT2D eigenvalue weighted by Gasteiger charge is 2.07. The number of carbonyl (C=O) groups is 1. The standard InChI is InChI=1S/C10H12Cl2N2O2/c1-3-16-9(15)5-13-8-4-7(11)10(12)6(2)14-8/h4H,3,5H2,1-2H3,(H,13,14). The van der Waals surface area contributed by atoms with Crippen LogP contribution >= 0.6 is 23.2 Å². The van der Waals surface area contributed by atoms with E-state index in [-0.39, 0.29) is 12.5 Å². The fraction of sp³-hybridized carbons (Fsp3) is 0.400. The van der Waals surface area contributed by atoms with Gasteiger partial charge in [0.05, 0.1) is 22.3 Å². The summed E-state index contributed by atoms with van der Waals surface area (Å²) in [6, 6.07) is 1.57. The number of nitrogens with one attached hydrogen (secondary N) is 1. The van der Waals surface area contributed by atoms with Crippen LogP contribution in [0.4, 0.5) is 5.82 Å². The number of nitrogens with zero attached hydrogens (tertiary/aromatic N) is 1. The van der Waals surface area contributed by atoms with E-state index in [2.05, 4.69) is 10.3 Å². The Morgan fingerprint density at radius 2 is 2.25 bits per heavy atom. The second-order valence-corrected chi connectivity index (χ2v) is 3.83. The number of aromatic nitrogens is 1. The molecule has 0 fully saturated rings. The number of pyridine rings is 1. The van der Waals surface area contributed by atoms with Gasteiger partial charge in [0, 0.05) is 6.07 Å². The minimum absolute atomic E-state index is 0.0538. The lowest BCUT2D eigenvalue weighted by Gasteiger charge is -2.07. The summed E-state index contributed by atoms with van der Waals surface area (Å²) in [7, 11) is 0. The lowest BCUT2D eigenvalue weighted by Crippen LogP contribution is -2.17. The third-order valence-electron chi connectivity index (χ3n) is 1.80. The summed E-state index contributed by atoms with van der Waals surface area (Å²) in [5, 5.41) is 3.63. The SMILES string of the molecule is CCOC(=O)CNc1cc(Cl)c(Cl)c(C)n1. The molecule has 1 N–H and O–H groups in total. The van der Waals surface area contributed by atoms with Gasteiger partial charge in [-0.1, -0.05) is 23.2 Å². The molecule has 0 aromatic carbocycles. The van der Waals surface area contributed by atoms with Gasteiger partial charge < -0.3 is 10.1 Å². The second-order valence-electron chi connectivity index (χ2n) is 3.05. The minimum Gasteiger partial charge on any atom is -0.465 e. The fourth-order valence-corrected chi connectivity index (χ4v) is 1.42. The zero-order chi connectivity index (χ0) is 12.1. The van der Waals surface area contributed by atoms with Crippen molar-refractivity contribution < 1.29 is 9.53 Å². The summed E-state index contributed by atoms with van der Waals surface area (Å²) in [5.74, 6) is 0.160. The molecule has 0 spiro atoms. The van der Waals surface area contributed by atoms with E-state index >= 15 is 0 Å². The maximum Gasteiger partial charge on any atom is 0.325 e. The van der Waals surface area contributed by atoms with Crippen molar-refractivity contribution in [3.63, 3.8) is 0 Å². The van der Waals surface area contributed by atoms with Crippen molar-refractivity contribution in [2.75, 3.05) is 18.5 Å². The highest BCUT2D eigenvalue weighted by Crippen LogP contribution is 2.26. The molecule has 0 aliphatic heterocycles. The van der Waals surface area contributed by atoms with Gasteiger partial charge in [-0.05, 0) is 13.8 Å². The first-order valence-corrected chi connectivity index (χ1v) is 5.52. The van der Waals surface area contributed by atoms with Crippen molar-refractivity contribution in [1.82, 2.24) is 4.98 Å². The van der Waals surface area contributed by atoms with Crippen molar-refractivity contribution in [3.05, 3.63) is 21.8 Å². The first-order valence-electron chi connectivity index (χ1n) is 4.76. The molecule has 1 heterocycles. The van der Waals surface area contributed by atoms with Crippen molar-refractivity contribution in [2.45, 2.75) is 13.8 Å². The van der Waals surface area contributed by atoms with Crippen LogP contribution in [0.25, 0.3) is 0 Å². The topological polar surface area (TPSA) is 51.2 Å². The van der Waals surface area contributed by atoms with Crippen molar-refractivity contribution in [3.8, 4) is 0 Å². The average molecular weight is 263 g/mol. The molecule has 0 atom stereocenters. The van der Waals surface area contributed by atoms with Gasteiger partial charge in [-0.25, -0.2) is 4.98 Å². The third-order valence-corrected chi connectivity index (χ3v) is 2.67. The highest BCUT2D eigenvalue weighted by molar-refractivity contribution is 6.42. The molecule has 0 radical (unpaired) electrons.